The van der Waals surface area contributed by atoms with Gasteiger partial charge in [0.1, 0.15) is 0 Å². The van der Waals surface area contributed by atoms with E-state index in [1.807, 2.05) is 22.8 Å². The highest BCUT2D eigenvalue weighted by Gasteiger charge is 2.35. The molecule has 8 heteroatoms. The van der Waals surface area contributed by atoms with Gasteiger partial charge < -0.3 is 19.3 Å². The van der Waals surface area contributed by atoms with Crippen molar-refractivity contribution in [2.75, 3.05) is 39.5 Å². The molecule has 0 bridgehead atoms. The normalized spacial score (nSPS) is 21.4. The van der Waals surface area contributed by atoms with Crippen LogP contribution in [0.3, 0.4) is 0 Å². The first-order valence-electron chi connectivity index (χ1n) is 12.4. The molecule has 2 amide bonds. The van der Waals surface area contributed by atoms with Crippen molar-refractivity contribution in [3.8, 4) is 11.5 Å². The number of carbonyl (C=O) groups excluding carboxylic acids is 2. The van der Waals surface area contributed by atoms with Crippen LogP contribution in [-0.2, 0) is 11.2 Å². The Morgan fingerprint density at radius 1 is 1.00 bits per heavy atom. The van der Waals surface area contributed by atoms with E-state index in [0.717, 1.165) is 13.0 Å². The third-order valence-electron chi connectivity index (χ3n) is 7.38. The summed E-state index contributed by atoms with van der Waals surface area (Å²) in [5.41, 5.74) is 3.12. The van der Waals surface area contributed by atoms with Gasteiger partial charge in [0.05, 0.1) is 12.6 Å². The zero-order valence-electron chi connectivity index (χ0n) is 20.3. The van der Waals surface area contributed by atoms with Gasteiger partial charge in [0.2, 0.25) is 12.7 Å². The van der Waals surface area contributed by atoms with Crippen LogP contribution in [0, 0.1) is 0 Å². The van der Waals surface area contributed by atoms with Gasteiger partial charge in [-0.25, -0.2) is 0 Å². The van der Waals surface area contributed by atoms with Crippen molar-refractivity contribution in [3.63, 3.8) is 0 Å². The highest BCUT2D eigenvalue weighted by atomic mass is 32.1. The van der Waals surface area contributed by atoms with Gasteiger partial charge in [-0.15, -0.1) is 11.3 Å². The van der Waals surface area contributed by atoms with Gasteiger partial charge in [0.25, 0.3) is 5.91 Å². The number of amides is 2. The van der Waals surface area contributed by atoms with Gasteiger partial charge in [-0.2, -0.15) is 0 Å². The summed E-state index contributed by atoms with van der Waals surface area (Å²) in [5.74, 6) is 1.34. The van der Waals surface area contributed by atoms with Crippen molar-refractivity contribution in [3.05, 3.63) is 81.5 Å². The largest absolute Gasteiger partial charge is 0.454 e. The summed E-state index contributed by atoms with van der Waals surface area (Å²) in [6.45, 7) is 5.00. The molecule has 0 aliphatic carbocycles. The molecule has 2 atom stereocenters. The van der Waals surface area contributed by atoms with Crippen molar-refractivity contribution >= 4 is 23.2 Å². The lowest BCUT2D eigenvalue weighted by Crippen LogP contribution is -2.57. The van der Waals surface area contributed by atoms with Gasteiger partial charge in [0.15, 0.2) is 11.5 Å². The molecule has 0 saturated carbocycles. The van der Waals surface area contributed by atoms with Crippen LogP contribution in [0.2, 0.25) is 0 Å². The number of rotatable bonds is 4. The molecule has 1 saturated heterocycles. The number of fused-ring (bicyclic) bond motifs is 2. The van der Waals surface area contributed by atoms with Crippen LogP contribution >= 0.6 is 11.3 Å². The Balaban J connectivity index is 1.13. The van der Waals surface area contributed by atoms with Gasteiger partial charge in [-0.1, -0.05) is 30.3 Å². The van der Waals surface area contributed by atoms with Gasteiger partial charge in [-0.3, -0.25) is 14.5 Å². The molecule has 1 aromatic heterocycles. The Hall–Kier alpha value is -3.36. The molecule has 0 spiro atoms. The molecule has 7 nitrogen and oxygen atoms in total. The molecule has 4 heterocycles. The van der Waals surface area contributed by atoms with Gasteiger partial charge in [0, 0.05) is 42.7 Å². The second-order valence-electron chi connectivity index (χ2n) is 9.59. The lowest BCUT2D eigenvalue weighted by atomic mass is 9.93. The first-order chi connectivity index (χ1) is 17.6. The Bertz CT molecular complexity index is 1280. The minimum atomic E-state index is -0.0737. The number of carbonyl (C=O) groups is 2. The van der Waals surface area contributed by atoms with E-state index in [4.69, 9.17) is 9.47 Å². The zero-order valence-corrected chi connectivity index (χ0v) is 21.1. The molecule has 0 N–H and O–H groups in total. The smallest absolute Gasteiger partial charge is 0.254 e. The van der Waals surface area contributed by atoms with Crippen LogP contribution in [0.5, 0.6) is 11.5 Å². The standard InChI is InChI=1S/C28H29N3O4S/c1-19-16-29(12-13-31(19)28(33)21-7-8-23-24(15-21)35-18-34-23)26(32)17-30-11-9-25-22(10-14-36-25)27(30)20-5-3-2-4-6-20/h2-8,10,14-15,19,27H,9,11-13,16-18H2,1H3. The van der Waals surface area contributed by atoms with Crippen molar-refractivity contribution in [1.29, 1.82) is 0 Å². The van der Waals surface area contributed by atoms with Gasteiger partial charge >= 0.3 is 0 Å². The topological polar surface area (TPSA) is 62.3 Å². The Morgan fingerprint density at radius 2 is 1.83 bits per heavy atom. The van der Waals surface area contributed by atoms with E-state index in [0.29, 0.717) is 43.2 Å². The van der Waals surface area contributed by atoms with Crippen molar-refractivity contribution < 1.29 is 19.1 Å². The van der Waals surface area contributed by atoms with Crippen LogP contribution in [0.1, 0.15) is 39.3 Å². The van der Waals surface area contributed by atoms with E-state index in [9.17, 15) is 9.59 Å². The average Bonchev–Trinajstić information content (AvgIpc) is 3.57. The number of benzene rings is 2. The maximum absolute atomic E-state index is 13.5. The van der Waals surface area contributed by atoms with Crippen LogP contribution in [0.25, 0.3) is 0 Å². The molecule has 3 aliphatic rings. The van der Waals surface area contributed by atoms with Crippen molar-refractivity contribution in [2.45, 2.75) is 25.4 Å². The monoisotopic (exact) mass is 503 g/mol. The zero-order chi connectivity index (χ0) is 24.6. The summed E-state index contributed by atoms with van der Waals surface area (Å²) >= 11 is 1.81. The van der Waals surface area contributed by atoms with E-state index in [1.54, 1.807) is 29.5 Å². The van der Waals surface area contributed by atoms with Gasteiger partial charge in [-0.05, 0) is 54.1 Å². The number of hydrogen-bond acceptors (Lipinski definition) is 6. The first kappa shape index (κ1) is 23.1. The number of nitrogens with zero attached hydrogens (tertiary/aromatic N) is 3. The average molecular weight is 504 g/mol. The Morgan fingerprint density at radius 3 is 2.67 bits per heavy atom. The summed E-state index contributed by atoms with van der Waals surface area (Å²) in [7, 11) is 0. The van der Waals surface area contributed by atoms with Crippen LogP contribution in [0.4, 0.5) is 0 Å². The molecule has 3 aliphatic heterocycles. The van der Waals surface area contributed by atoms with Crippen LogP contribution in [-0.4, -0.2) is 72.1 Å². The SMILES string of the molecule is CC1CN(C(=O)CN2CCc3sccc3C2c2ccccc2)CCN1C(=O)c1ccc2c(c1)OCO2. The van der Waals surface area contributed by atoms with E-state index >= 15 is 0 Å². The lowest BCUT2D eigenvalue weighted by Gasteiger charge is -2.42. The van der Waals surface area contributed by atoms with Crippen molar-refractivity contribution in [2.24, 2.45) is 0 Å². The molecule has 186 valence electrons. The van der Waals surface area contributed by atoms with Crippen LogP contribution < -0.4 is 9.47 Å². The van der Waals surface area contributed by atoms with E-state index in [2.05, 4.69) is 40.6 Å². The second-order valence-corrected chi connectivity index (χ2v) is 10.6. The van der Waals surface area contributed by atoms with E-state index in [-0.39, 0.29) is 30.7 Å². The molecule has 2 aromatic carbocycles. The Labute approximate surface area is 214 Å². The third kappa shape index (κ3) is 4.24. The molecule has 3 aromatic rings. The van der Waals surface area contributed by atoms with Crippen LogP contribution in [0.15, 0.2) is 60.0 Å². The van der Waals surface area contributed by atoms with E-state index < -0.39 is 0 Å². The summed E-state index contributed by atoms with van der Waals surface area (Å²) in [6, 6.07) is 18.0. The van der Waals surface area contributed by atoms with E-state index in [1.165, 1.54) is 16.0 Å². The number of piperazine rings is 1. The highest BCUT2D eigenvalue weighted by Crippen LogP contribution is 2.38. The fraction of sp³-hybridized carbons (Fsp3) is 0.357. The lowest BCUT2D eigenvalue weighted by molar-refractivity contribution is -0.135. The fourth-order valence-electron chi connectivity index (χ4n) is 5.52. The maximum Gasteiger partial charge on any atom is 0.254 e. The third-order valence-corrected chi connectivity index (χ3v) is 8.38. The molecular weight excluding hydrogens is 474 g/mol. The number of thiophene rings is 1. The summed E-state index contributed by atoms with van der Waals surface area (Å²) in [4.78, 5) is 34.2. The molecular formula is C28H29N3O4S. The number of ether oxygens (including phenoxy) is 2. The molecule has 36 heavy (non-hydrogen) atoms. The highest BCUT2D eigenvalue weighted by molar-refractivity contribution is 7.10. The molecule has 6 rings (SSSR count). The molecule has 2 unspecified atom stereocenters. The minimum Gasteiger partial charge on any atom is -0.454 e. The molecule has 0 radical (unpaired) electrons. The first-order valence-corrected chi connectivity index (χ1v) is 13.3. The minimum absolute atomic E-state index is 0.0435. The second kappa shape index (κ2) is 9.59. The number of hydrogen-bond donors (Lipinski definition) is 0. The van der Waals surface area contributed by atoms with Crippen molar-refractivity contribution in [1.82, 2.24) is 14.7 Å². The fourth-order valence-corrected chi connectivity index (χ4v) is 6.42. The quantitative estimate of drug-likeness (QED) is 0.542. The summed E-state index contributed by atoms with van der Waals surface area (Å²) < 4.78 is 10.8. The molecule has 1 fully saturated rings. The maximum atomic E-state index is 13.5. The summed E-state index contributed by atoms with van der Waals surface area (Å²) in [5, 5.41) is 2.16. The Kier molecular flexibility index (Phi) is 6.15. The summed E-state index contributed by atoms with van der Waals surface area (Å²) in [6.07, 6.45) is 0.970. The predicted molar refractivity (Wildman–Crippen MR) is 138 cm³/mol. The predicted octanol–water partition coefficient (Wildman–Crippen LogP) is 3.80.